The van der Waals surface area contributed by atoms with Crippen LogP contribution in [0.4, 0.5) is 0 Å². The number of aliphatic hydroxyl groups excluding tert-OH is 1. The first kappa shape index (κ1) is 38.6. The van der Waals surface area contributed by atoms with Crippen molar-refractivity contribution in [3.63, 3.8) is 0 Å². The fourth-order valence-electron chi connectivity index (χ4n) is 7.29. The number of aliphatic hydroxyl groups is 1. The van der Waals surface area contributed by atoms with Crippen molar-refractivity contribution < 1.29 is 33.4 Å². The molecule has 0 radical (unpaired) electrons. The quantitative estimate of drug-likeness (QED) is 0.0616. The Morgan fingerprint density at radius 3 is 1.83 bits per heavy atom. The van der Waals surface area contributed by atoms with E-state index < -0.39 is 20.4 Å². The van der Waals surface area contributed by atoms with Gasteiger partial charge in [0.1, 0.15) is 5.75 Å². The lowest BCUT2D eigenvalue weighted by atomic mass is 9.83. The predicted molar refractivity (Wildman–Crippen MR) is 214 cm³/mol. The van der Waals surface area contributed by atoms with E-state index in [1.54, 1.807) is 24.3 Å². The molecule has 0 heterocycles. The third kappa shape index (κ3) is 8.63. The van der Waals surface area contributed by atoms with E-state index in [0.717, 1.165) is 18.4 Å². The number of fused-ring (bicyclic) bond motifs is 2. The zero-order valence-corrected chi connectivity index (χ0v) is 32.3. The molecule has 8 heteroatoms. The number of carbonyl (C=O) groups excluding carboxylic acids is 3. The van der Waals surface area contributed by atoms with Gasteiger partial charge in [-0.3, -0.25) is 9.59 Å². The van der Waals surface area contributed by atoms with E-state index in [9.17, 15) is 19.5 Å². The van der Waals surface area contributed by atoms with Crippen LogP contribution in [0.3, 0.4) is 0 Å². The fraction of sp³-hybridized carbons (Fsp3) is 0.283. The maximum absolute atomic E-state index is 13.0. The van der Waals surface area contributed by atoms with Crippen molar-refractivity contribution in [1.29, 1.82) is 0 Å². The highest BCUT2D eigenvalue weighted by Crippen LogP contribution is 2.37. The molecule has 278 valence electrons. The van der Waals surface area contributed by atoms with Crippen molar-refractivity contribution in [3.05, 3.63) is 161 Å². The van der Waals surface area contributed by atoms with Crippen molar-refractivity contribution in [3.8, 4) is 5.75 Å². The Labute approximate surface area is 319 Å². The van der Waals surface area contributed by atoms with Crippen molar-refractivity contribution in [2.45, 2.75) is 64.0 Å². The number of ether oxygens (including phenoxy) is 2. The second-order valence-electron chi connectivity index (χ2n) is 14.8. The van der Waals surface area contributed by atoms with Crippen LogP contribution in [-0.4, -0.2) is 56.9 Å². The van der Waals surface area contributed by atoms with E-state index in [0.29, 0.717) is 49.4 Å². The lowest BCUT2D eigenvalue weighted by Crippen LogP contribution is -2.66. The lowest BCUT2D eigenvalue weighted by Gasteiger charge is -2.43. The molecular formula is C46H48O7Si. The van der Waals surface area contributed by atoms with E-state index in [1.807, 2.05) is 24.3 Å². The molecule has 1 N–H and O–H groups in total. The Morgan fingerprint density at radius 2 is 1.22 bits per heavy atom. The zero-order chi connectivity index (χ0) is 38.1. The Balaban J connectivity index is 0.910. The van der Waals surface area contributed by atoms with Crippen molar-refractivity contribution in [2.24, 2.45) is 0 Å². The Kier molecular flexibility index (Phi) is 12.4. The molecule has 0 spiro atoms. The van der Waals surface area contributed by atoms with Crippen LogP contribution in [0.2, 0.25) is 5.04 Å². The van der Waals surface area contributed by atoms with Crippen LogP contribution in [-0.2, 0) is 15.6 Å². The van der Waals surface area contributed by atoms with E-state index in [2.05, 4.69) is 81.4 Å². The van der Waals surface area contributed by atoms with Gasteiger partial charge in [0.05, 0.1) is 24.9 Å². The van der Waals surface area contributed by atoms with Crippen LogP contribution < -0.4 is 15.1 Å². The summed E-state index contributed by atoms with van der Waals surface area (Å²) in [7, 11) is -2.56. The monoisotopic (exact) mass is 740 g/mol. The van der Waals surface area contributed by atoms with Crippen molar-refractivity contribution in [2.75, 3.05) is 19.8 Å². The molecule has 1 atom stereocenters. The Bertz CT molecular complexity index is 2010. The molecule has 1 unspecified atom stereocenters. The minimum atomic E-state index is -2.56. The molecule has 0 amide bonds. The number of ketones is 2. The van der Waals surface area contributed by atoms with Crippen molar-refractivity contribution in [1.82, 2.24) is 0 Å². The zero-order valence-electron chi connectivity index (χ0n) is 31.3. The summed E-state index contributed by atoms with van der Waals surface area (Å²) in [6.45, 7) is 7.97. The molecule has 0 aliphatic heterocycles. The van der Waals surface area contributed by atoms with E-state index >= 15 is 0 Å². The van der Waals surface area contributed by atoms with Crippen LogP contribution >= 0.6 is 0 Å². The van der Waals surface area contributed by atoms with Gasteiger partial charge in [-0.15, -0.1) is 0 Å². The molecule has 0 bridgehead atoms. The molecule has 1 aliphatic carbocycles. The SMILES string of the molecule is CC(C)(C)[Si](OCCCCC(O)Cc1ccc(OCCCOC(=O)c2ccc3c(c2)C(=O)c2ccccc2C3=O)cc1)(c1ccccc1)c1ccccc1. The summed E-state index contributed by atoms with van der Waals surface area (Å²) in [5.41, 5.74) is 2.46. The molecule has 1 aliphatic rings. The molecule has 0 saturated heterocycles. The molecular weight excluding hydrogens is 693 g/mol. The third-order valence-corrected chi connectivity index (χ3v) is 15.1. The first-order valence-corrected chi connectivity index (χ1v) is 20.6. The van der Waals surface area contributed by atoms with Crippen LogP contribution in [0, 0.1) is 0 Å². The number of esters is 1. The van der Waals surface area contributed by atoms with Gasteiger partial charge >= 0.3 is 5.97 Å². The topological polar surface area (TPSA) is 99.1 Å². The standard InChI is InChI=1S/C46H48O7Si/c1-46(2,3)54(37-16-6-4-7-17-37,38-18-8-5-9-19-38)53-30-13-12-15-35(47)31-33-22-25-36(26-23-33)51-28-14-29-52-45(50)34-24-27-41-42(32-34)44(49)40-21-11-10-20-39(40)43(41)48/h4-11,16-27,32,35,47H,12-15,28-31H2,1-3H3. The van der Waals surface area contributed by atoms with E-state index in [4.69, 9.17) is 13.9 Å². The molecule has 0 aromatic heterocycles. The minimum Gasteiger partial charge on any atom is -0.493 e. The molecule has 5 aromatic rings. The first-order valence-electron chi connectivity index (χ1n) is 18.7. The number of benzene rings is 5. The maximum atomic E-state index is 13.0. The molecule has 5 aromatic carbocycles. The van der Waals surface area contributed by atoms with Gasteiger partial charge in [-0.2, -0.15) is 0 Å². The van der Waals surface area contributed by atoms with Crippen LogP contribution in [0.1, 0.15) is 94.2 Å². The number of hydrogen-bond donors (Lipinski definition) is 1. The second kappa shape index (κ2) is 17.3. The summed E-state index contributed by atoms with van der Waals surface area (Å²) in [6, 6.07) is 40.2. The predicted octanol–water partition coefficient (Wildman–Crippen LogP) is 7.74. The van der Waals surface area contributed by atoms with Gasteiger partial charge < -0.3 is 19.0 Å². The molecule has 54 heavy (non-hydrogen) atoms. The minimum absolute atomic E-state index is 0.0666. The van der Waals surface area contributed by atoms with Crippen molar-refractivity contribution >= 4 is 36.2 Å². The number of carbonyl (C=O) groups is 3. The molecule has 7 nitrogen and oxygen atoms in total. The van der Waals surface area contributed by atoms with Crippen LogP contribution in [0.5, 0.6) is 5.75 Å². The summed E-state index contributed by atoms with van der Waals surface area (Å²) in [5, 5.41) is 13.3. The summed E-state index contributed by atoms with van der Waals surface area (Å²) in [6.07, 6.45) is 3.00. The fourth-order valence-corrected chi connectivity index (χ4v) is 11.9. The van der Waals surface area contributed by atoms with Gasteiger partial charge in [0.15, 0.2) is 11.6 Å². The molecule has 0 fully saturated rings. The number of unbranched alkanes of at least 4 members (excludes halogenated alkanes) is 1. The highest BCUT2D eigenvalue weighted by atomic mass is 28.4. The summed E-state index contributed by atoms with van der Waals surface area (Å²) in [5.74, 6) is -0.382. The summed E-state index contributed by atoms with van der Waals surface area (Å²) in [4.78, 5) is 38.6. The summed E-state index contributed by atoms with van der Waals surface area (Å²) >= 11 is 0. The number of rotatable bonds is 16. The van der Waals surface area contributed by atoms with Crippen LogP contribution in [0.15, 0.2) is 127 Å². The normalized spacial score (nSPS) is 13.2. The average Bonchev–Trinajstić information content (AvgIpc) is 3.18. The van der Waals surface area contributed by atoms with Gasteiger partial charge in [-0.05, 0) is 77.0 Å². The Morgan fingerprint density at radius 1 is 0.648 bits per heavy atom. The van der Waals surface area contributed by atoms with Crippen LogP contribution in [0.25, 0.3) is 0 Å². The smallest absolute Gasteiger partial charge is 0.338 e. The van der Waals surface area contributed by atoms with E-state index in [-0.39, 0.29) is 39.9 Å². The number of hydrogen-bond acceptors (Lipinski definition) is 7. The molecule has 6 rings (SSSR count). The highest BCUT2D eigenvalue weighted by Gasteiger charge is 2.50. The Hall–Kier alpha value is -5.15. The molecule has 0 saturated carbocycles. The third-order valence-electron chi connectivity index (χ3n) is 10.0. The van der Waals surface area contributed by atoms with Gasteiger partial charge in [0, 0.05) is 35.3 Å². The highest BCUT2D eigenvalue weighted by molar-refractivity contribution is 6.99. The largest absolute Gasteiger partial charge is 0.493 e. The van der Waals surface area contributed by atoms with Gasteiger partial charge in [0.25, 0.3) is 8.32 Å². The summed E-state index contributed by atoms with van der Waals surface area (Å²) < 4.78 is 18.3. The van der Waals surface area contributed by atoms with Gasteiger partial charge in [0.2, 0.25) is 0 Å². The first-order chi connectivity index (χ1) is 26.1. The average molecular weight is 741 g/mol. The maximum Gasteiger partial charge on any atom is 0.338 e. The van der Waals surface area contributed by atoms with Gasteiger partial charge in [-0.1, -0.05) is 118 Å². The van der Waals surface area contributed by atoms with E-state index in [1.165, 1.54) is 28.6 Å². The lowest BCUT2D eigenvalue weighted by molar-refractivity contribution is 0.0485. The van der Waals surface area contributed by atoms with Gasteiger partial charge in [-0.25, -0.2) is 4.79 Å². The second-order valence-corrected chi connectivity index (χ2v) is 19.1.